The number of rotatable bonds is 5. The molecule has 0 radical (unpaired) electrons. The minimum absolute atomic E-state index is 0.0558. The number of aliphatic carboxylic acids is 1. The molecule has 1 aromatic carbocycles. The van der Waals surface area contributed by atoms with Crippen LogP contribution in [0.15, 0.2) is 23.1 Å². The van der Waals surface area contributed by atoms with Gasteiger partial charge in [0.1, 0.15) is 0 Å². The lowest BCUT2D eigenvalue weighted by Gasteiger charge is -2.16. The fraction of sp³-hybridized carbons (Fsp3) is 0.364. The minimum Gasteiger partial charge on any atom is -0.481 e. The number of hydrogen-bond donors (Lipinski definition) is 2. The van der Waals surface area contributed by atoms with Crippen LogP contribution in [-0.4, -0.2) is 17.3 Å². The van der Waals surface area contributed by atoms with Gasteiger partial charge in [0.25, 0.3) is 0 Å². The van der Waals surface area contributed by atoms with Crippen molar-refractivity contribution >= 4 is 29.3 Å². The molecule has 16 heavy (non-hydrogen) atoms. The molecule has 1 atom stereocenters. The fourth-order valence-electron chi connectivity index (χ4n) is 1.48. The van der Waals surface area contributed by atoms with Gasteiger partial charge in [-0.25, -0.2) is 0 Å². The Balaban J connectivity index is 2.88. The lowest BCUT2D eigenvalue weighted by molar-refractivity contribution is -0.137. The quantitative estimate of drug-likeness (QED) is 0.798. The summed E-state index contributed by atoms with van der Waals surface area (Å²) in [5.41, 5.74) is 6.80. The average Bonchev–Trinajstić information content (AvgIpc) is 2.25. The number of carboxylic acid groups (broad SMARTS) is 1. The van der Waals surface area contributed by atoms with Crippen molar-refractivity contribution in [1.82, 2.24) is 0 Å². The highest BCUT2D eigenvalue weighted by Crippen LogP contribution is 2.32. The van der Waals surface area contributed by atoms with E-state index in [-0.39, 0.29) is 12.5 Å². The molecule has 3 N–H and O–H groups in total. The summed E-state index contributed by atoms with van der Waals surface area (Å²) >= 11 is 7.64. The Hall–Kier alpha value is -0.710. The van der Waals surface area contributed by atoms with Gasteiger partial charge in [-0.1, -0.05) is 17.7 Å². The van der Waals surface area contributed by atoms with Gasteiger partial charge in [0.15, 0.2) is 0 Å². The molecular formula is C11H14ClNO2S. The van der Waals surface area contributed by atoms with Crippen LogP contribution >= 0.6 is 23.4 Å². The minimum atomic E-state index is -0.840. The molecule has 1 aromatic rings. The second-order valence-corrected chi connectivity index (χ2v) is 4.65. The highest BCUT2D eigenvalue weighted by Gasteiger charge is 2.15. The molecule has 3 nitrogen and oxygen atoms in total. The van der Waals surface area contributed by atoms with Crippen LogP contribution in [0.4, 0.5) is 0 Å². The molecular weight excluding hydrogens is 246 g/mol. The summed E-state index contributed by atoms with van der Waals surface area (Å²) in [6, 6.07) is 5.25. The normalized spacial score (nSPS) is 12.4. The van der Waals surface area contributed by atoms with Crippen molar-refractivity contribution in [2.45, 2.75) is 23.8 Å². The van der Waals surface area contributed by atoms with E-state index in [0.29, 0.717) is 11.4 Å². The fourth-order valence-corrected chi connectivity index (χ4v) is 2.54. The summed E-state index contributed by atoms with van der Waals surface area (Å²) in [5.74, 6) is -0.840. The van der Waals surface area contributed by atoms with Crippen LogP contribution in [0.2, 0.25) is 5.02 Å². The third-order valence-corrected chi connectivity index (χ3v) is 3.40. The van der Waals surface area contributed by atoms with E-state index in [0.717, 1.165) is 10.5 Å². The molecule has 0 aliphatic heterocycles. The zero-order chi connectivity index (χ0) is 12.1. The Bertz CT molecular complexity index is 384. The Morgan fingerprint density at radius 1 is 1.62 bits per heavy atom. The van der Waals surface area contributed by atoms with Crippen molar-refractivity contribution in [2.75, 3.05) is 6.26 Å². The maximum atomic E-state index is 10.5. The van der Waals surface area contributed by atoms with Gasteiger partial charge in [-0.2, -0.15) is 0 Å². The van der Waals surface area contributed by atoms with Gasteiger partial charge in [0.2, 0.25) is 0 Å². The van der Waals surface area contributed by atoms with Crippen molar-refractivity contribution in [2.24, 2.45) is 5.73 Å². The zero-order valence-electron chi connectivity index (χ0n) is 8.94. The van der Waals surface area contributed by atoms with Crippen molar-refractivity contribution in [3.8, 4) is 0 Å². The molecule has 0 heterocycles. The molecule has 1 rings (SSSR count). The standard InChI is InChI=1S/C11H14ClNO2S/c1-16-9-4-2-3-7(12)11(9)8(13)5-6-10(14)15/h2-4,8H,5-6,13H2,1H3,(H,14,15). The molecule has 0 spiro atoms. The Morgan fingerprint density at radius 2 is 2.31 bits per heavy atom. The number of halogens is 1. The Kier molecular flexibility index (Phi) is 5.12. The molecule has 5 heteroatoms. The van der Waals surface area contributed by atoms with Crippen LogP contribution in [0.5, 0.6) is 0 Å². The average molecular weight is 260 g/mol. The van der Waals surface area contributed by atoms with E-state index < -0.39 is 5.97 Å². The third kappa shape index (κ3) is 3.40. The second kappa shape index (κ2) is 6.13. The van der Waals surface area contributed by atoms with Crippen molar-refractivity contribution in [1.29, 1.82) is 0 Å². The SMILES string of the molecule is CSc1cccc(Cl)c1C(N)CCC(=O)O. The number of hydrogen-bond acceptors (Lipinski definition) is 3. The molecule has 0 amide bonds. The summed E-state index contributed by atoms with van der Waals surface area (Å²) in [5, 5.41) is 9.21. The van der Waals surface area contributed by atoms with E-state index in [1.54, 1.807) is 17.8 Å². The first-order valence-corrected chi connectivity index (χ1v) is 6.46. The first-order valence-electron chi connectivity index (χ1n) is 4.86. The Labute approximate surface area is 104 Å². The van der Waals surface area contributed by atoms with Crippen molar-refractivity contribution in [3.05, 3.63) is 28.8 Å². The molecule has 0 aliphatic rings. The van der Waals surface area contributed by atoms with Crippen LogP contribution in [0.1, 0.15) is 24.4 Å². The summed E-state index contributed by atoms with van der Waals surface area (Å²) in [7, 11) is 0. The predicted molar refractivity (Wildman–Crippen MR) is 67.0 cm³/mol. The lowest BCUT2D eigenvalue weighted by atomic mass is 10.0. The van der Waals surface area contributed by atoms with Gasteiger partial charge in [0, 0.05) is 27.9 Å². The molecule has 1 unspecified atom stereocenters. The molecule has 0 saturated carbocycles. The number of carbonyl (C=O) groups is 1. The number of nitrogens with two attached hydrogens (primary N) is 1. The number of carboxylic acids is 1. The number of benzene rings is 1. The van der Waals surface area contributed by atoms with E-state index in [1.807, 2.05) is 18.4 Å². The summed E-state index contributed by atoms with van der Waals surface area (Å²) in [4.78, 5) is 11.5. The van der Waals surface area contributed by atoms with Crippen LogP contribution < -0.4 is 5.73 Å². The smallest absolute Gasteiger partial charge is 0.303 e. The van der Waals surface area contributed by atoms with Crippen LogP contribution in [-0.2, 0) is 4.79 Å². The summed E-state index contributed by atoms with van der Waals surface area (Å²) in [6.07, 6.45) is 2.39. The third-order valence-electron chi connectivity index (χ3n) is 2.27. The van der Waals surface area contributed by atoms with Gasteiger partial charge in [-0.05, 0) is 24.8 Å². The maximum absolute atomic E-state index is 10.5. The summed E-state index contributed by atoms with van der Waals surface area (Å²) < 4.78 is 0. The van der Waals surface area contributed by atoms with Crippen molar-refractivity contribution in [3.63, 3.8) is 0 Å². The first-order chi connectivity index (χ1) is 7.56. The molecule has 88 valence electrons. The lowest BCUT2D eigenvalue weighted by Crippen LogP contribution is -2.13. The predicted octanol–water partition coefficient (Wildman–Crippen LogP) is 2.93. The molecule has 0 aliphatic carbocycles. The van der Waals surface area contributed by atoms with E-state index >= 15 is 0 Å². The zero-order valence-corrected chi connectivity index (χ0v) is 10.5. The van der Waals surface area contributed by atoms with Gasteiger partial charge < -0.3 is 10.8 Å². The van der Waals surface area contributed by atoms with Crippen LogP contribution in [0.25, 0.3) is 0 Å². The maximum Gasteiger partial charge on any atom is 0.303 e. The van der Waals surface area contributed by atoms with Crippen LogP contribution in [0.3, 0.4) is 0 Å². The van der Waals surface area contributed by atoms with E-state index in [2.05, 4.69) is 0 Å². The molecule has 0 fully saturated rings. The molecule has 0 bridgehead atoms. The number of thioether (sulfide) groups is 1. The van der Waals surface area contributed by atoms with Gasteiger partial charge in [0.05, 0.1) is 0 Å². The van der Waals surface area contributed by atoms with Gasteiger partial charge >= 0.3 is 5.97 Å². The molecule has 0 aromatic heterocycles. The van der Waals surface area contributed by atoms with Gasteiger partial charge in [-0.15, -0.1) is 11.8 Å². The van der Waals surface area contributed by atoms with E-state index in [4.69, 9.17) is 22.4 Å². The second-order valence-electron chi connectivity index (χ2n) is 3.39. The summed E-state index contributed by atoms with van der Waals surface area (Å²) in [6.45, 7) is 0. The van der Waals surface area contributed by atoms with Crippen molar-refractivity contribution < 1.29 is 9.90 Å². The first kappa shape index (κ1) is 13.4. The molecule has 0 saturated heterocycles. The highest BCUT2D eigenvalue weighted by molar-refractivity contribution is 7.98. The van der Waals surface area contributed by atoms with E-state index in [9.17, 15) is 4.79 Å². The van der Waals surface area contributed by atoms with Gasteiger partial charge in [-0.3, -0.25) is 4.79 Å². The largest absolute Gasteiger partial charge is 0.481 e. The Morgan fingerprint density at radius 3 is 2.88 bits per heavy atom. The van der Waals surface area contributed by atoms with E-state index in [1.165, 1.54) is 0 Å². The van der Waals surface area contributed by atoms with Crippen LogP contribution in [0, 0.1) is 0 Å². The topological polar surface area (TPSA) is 63.3 Å². The highest BCUT2D eigenvalue weighted by atomic mass is 35.5. The monoisotopic (exact) mass is 259 g/mol.